The number of aryl methyl sites for hydroxylation is 3. The van der Waals surface area contributed by atoms with Gasteiger partial charge in [0.15, 0.2) is 0 Å². The third-order valence-corrected chi connectivity index (χ3v) is 3.28. The van der Waals surface area contributed by atoms with E-state index in [4.69, 9.17) is 5.26 Å². The first-order valence-electron chi connectivity index (χ1n) is 6.19. The van der Waals surface area contributed by atoms with Crippen LogP contribution in [0.4, 0.5) is 0 Å². The lowest BCUT2D eigenvalue weighted by atomic mass is 10.1. The van der Waals surface area contributed by atoms with E-state index < -0.39 is 0 Å². The first kappa shape index (κ1) is 13.1. The van der Waals surface area contributed by atoms with E-state index in [1.807, 2.05) is 50.2 Å². The maximum atomic E-state index is 12.3. The maximum absolute atomic E-state index is 12.3. The molecule has 0 saturated carbocycles. The molecule has 2 aromatic rings. The molecular weight excluding hydrogens is 236 g/mol. The summed E-state index contributed by atoms with van der Waals surface area (Å²) in [7, 11) is 0. The smallest absolute Gasteiger partial charge is 0.269 e. The summed E-state index contributed by atoms with van der Waals surface area (Å²) in [6.45, 7) is 6.22. The fourth-order valence-electron chi connectivity index (χ4n) is 2.14. The van der Waals surface area contributed by atoms with Gasteiger partial charge in [-0.1, -0.05) is 29.8 Å². The zero-order valence-electron chi connectivity index (χ0n) is 11.4. The molecule has 1 aromatic carbocycles. The van der Waals surface area contributed by atoms with Crippen LogP contribution >= 0.6 is 0 Å². The Balaban J connectivity index is 2.49. The van der Waals surface area contributed by atoms with E-state index in [0.717, 1.165) is 16.8 Å². The van der Waals surface area contributed by atoms with Crippen LogP contribution in [-0.4, -0.2) is 4.57 Å². The van der Waals surface area contributed by atoms with E-state index in [-0.39, 0.29) is 11.1 Å². The average Bonchev–Trinajstić information content (AvgIpc) is 2.37. The van der Waals surface area contributed by atoms with Gasteiger partial charge in [-0.3, -0.25) is 4.79 Å². The van der Waals surface area contributed by atoms with Crippen molar-refractivity contribution in [3.8, 4) is 6.07 Å². The Morgan fingerprint density at radius 3 is 2.37 bits per heavy atom. The molecule has 0 spiro atoms. The molecule has 0 saturated heterocycles. The van der Waals surface area contributed by atoms with Crippen molar-refractivity contribution in [2.75, 3.05) is 0 Å². The van der Waals surface area contributed by atoms with Gasteiger partial charge in [0, 0.05) is 5.69 Å². The summed E-state index contributed by atoms with van der Waals surface area (Å²) in [6.07, 6.45) is 0. The molecule has 0 fully saturated rings. The van der Waals surface area contributed by atoms with Gasteiger partial charge in [-0.2, -0.15) is 5.26 Å². The standard InChI is InChI=1S/C16H16N2O/c1-11-4-6-14(7-5-11)10-18-13(3)8-12(2)15(9-17)16(18)19/h4-8H,10H2,1-3H3. The van der Waals surface area contributed by atoms with Gasteiger partial charge in [-0.05, 0) is 38.0 Å². The second kappa shape index (κ2) is 5.11. The second-order valence-electron chi connectivity index (χ2n) is 4.83. The minimum Gasteiger partial charge on any atom is -0.307 e. The zero-order valence-corrected chi connectivity index (χ0v) is 11.4. The monoisotopic (exact) mass is 252 g/mol. The van der Waals surface area contributed by atoms with E-state index in [2.05, 4.69) is 0 Å². The number of nitrogens with zero attached hydrogens (tertiary/aromatic N) is 2. The Kier molecular flexibility index (Phi) is 3.52. The van der Waals surface area contributed by atoms with Gasteiger partial charge in [0.05, 0.1) is 6.54 Å². The van der Waals surface area contributed by atoms with Crippen LogP contribution in [0.15, 0.2) is 35.1 Å². The Bertz CT molecular complexity index is 703. The van der Waals surface area contributed by atoms with Crippen molar-refractivity contribution >= 4 is 0 Å². The Hall–Kier alpha value is -2.34. The van der Waals surface area contributed by atoms with E-state index in [1.54, 1.807) is 11.5 Å². The molecule has 0 bridgehead atoms. The van der Waals surface area contributed by atoms with Crippen LogP contribution in [0.5, 0.6) is 0 Å². The van der Waals surface area contributed by atoms with Gasteiger partial charge in [-0.15, -0.1) is 0 Å². The van der Waals surface area contributed by atoms with E-state index in [0.29, 0.717) is 6.54 Å². The summed E-state index contributed by atoms with van der Waals surface area (Å²) in [5, 5.41) is 9.05. The molecule has 0 aliphatic rings. The van der Waals surface area contributed by atoms with Gasteiger partial charge in [0.25, 0.3) is 5.56 Å². The highest BCUT2D eigenvalue weighted by Crippen LogP contribution is 2.09. The first-order chi connectivity index (χ1) is 9.02. The molecule has 0 radical (unpaired) electrons. The summed E-state index contributed by atoms with van der Waals surface area (Å²) in [6, 6.07) is 11.9. The molecular formula is C16H16N2O. The van der Waals surface area contributed by atoms with Gasteiger partial charge in [-0.25, -0.2) is 0 Å². The minimum absolute atomic E-state index is 0.208. The highest BCUT2D eigenvalue weighted by atomic mass is 16.1. The van der Waals surface area contributed by atoms with Crippen molar-refractivity contribution in [3.63, 3.8) is 0 Å². The zero-order chi connectivity index (χ0) is 14.0. The van der Waals surface area contributed by atoms with Crippen LogP contribution in [0.1, 0.15) is 27.9 Å². The molecule has 96 valence electrons. The summed E-state index contributed by atoms with van der Waals surface area (Å²) < 4.78 is 1.65. The topological polar surface area (TPSA) is 45.8 Å². The molecule has 0 atom stereocenters. The van der Waals surface area contributed by atoms with E-state index >= 15 is 0 Å². The SMILES string of the molecule is Cc1ccc(Cn2c(C)cc(C)c(C#N)c2=O)cc1. The van der Waals surface area contributed by atoms with Gasteiger partial charge >= 0.3 is 0 Å². The van der Waals surface area contributed by atoms with Crippen molar-refractivity contribution in [3.05, 3.63) is 68.6 Å². The number of nitriles is 1. The van der Waals surface area contributed by atoms with Crippen molar-refractivity contribution in [1.82, 2.24) is 4.57 Å². The Labute approximate surface area is 112 Å². The molecule has 0 N–H and O–H groups in total. The number of aromatic nitrogens is 1. The molecule has 0 unspecified atom stereocenters. The molecule has 3 heteroatoms. The normalized spacial score (nSPS) is 10.2. The van der Waals surface area contributed by atoms with Crippen LogP contribution in [-0.2, 0) is 6.54 Å². The minimum atomic E-state index is -0.208. The third-order valence-electron chi connectivity index (χ3n) is 3.28. The summed E-state index contributed by atoms with van der Waals surface area (Å²) in [5.41, 5.74) is 3.89. The molecule has 2 rings (SSSR count). The number of hydrogen-bond donors (Lipinski definition) is 0. The first-order valence-corrected chi connectivity index (χ1v) is 6.19. The molecule has 0 amide bonds. The average molecular weight is 252 g/mol. The third kappa shape index (κ3) is 2.58. The van der Waals surface area contributed by atoms with Gasteiger partial charge < -0.3 is 4.57 Å². The number of benzene rings is 1. The molecule has 1 heterocycles. The molecule has 1 aromatic heterocycles. The fraction of sp³-hybridized carbons (Fsp3) is 0.250. The highest BCUT2D eigenvalue weighted by Gasteiger charge is 2.10. The lowest BCUT2D eigenvalue weighted by Crippen LogP contribution is -2.26. The van der Waals surface area contributed by atoms with Crippen molar-refractivity contribution in [1.29, 1.82) is 5.26 Å². The van der Waals surface area contributed by atoms with Crippen molar-refractivity contribution in [2.45, 2.75) is 27.3 Å². The van der Waals surface area contributed by atoms with Crippen molar-refractivity contribution < 1.29 is 0 Å². The molecule has 19 heavy (non-hydrogen) atoms. The van der Waals surface area contributed by atoms with Crippen LogP contribution in [0.25, 0.3) is 0 Å². The fourth-order valence-corrected chi connectivity index (χ4v) is 2.14. The van der Waals surface area contributed by atoms with E-state index in [1.165, 1.54) is 5.56 Å². The van der Waals surface area contributed by atoms with Crippen molar-refractivity contribution in [2.24, 2.45) is 0 Å². The Morgan fingerprint density at radius 1 is 1.16 bits per heavy atom. The van der Waals surface area contributed by atoms with Crippen LogP contribution in [0.2, 0.25) is 0 Å². The Morgan fingerprint density at radius 2 is 1.79 bits per heavy atom. The predicted molar refractivity (Wildman–Crippen MR) is 75.2 cm³/mol. The lowest BCUT2D eigenvalue weighted by molar-refractivity contribution is 0.724. The number of rotatable bonds is 2. The van der Waals surface area contributed by atoms with Crippen LogP contribution < -0.4 is 5.56 Å². The van der Waals surface area contributed by atoms with E-state index in [9.17, 15) is 4.79 Å². The molecule has 3 nitrogen and oxygen atoms in total. The molecule has 0 aliphatic carbocycles. The van der Waals surface area contributed by atoms with Crippen LogP contribution in [0.3, 0.4) is 0 Å². The maximum Gasteiger partial charge on any atom is 0.269 e. The summed E-state index contributed by atoms with van der Waals surface area (Å²) >= 11 is 0. The number of pyridine rings is 1. The lowest BCUT2D eigenvalue weighted by Gasteiger charge is -2.12. The predicted octanol–water partition coefficient (Wildman–Crippen LogP) is 2.69. The highest BCUT2D eigenvalue weighted by molar-refractivity contribution is 5.36. The van der Waals surface area contributed by atoms with Crippen LogP contribution in [0, 0.1) is 32.1 Å². The molecule has 0 aliphatic heterocycles. The van der Waals surface area contributed by atoms with Gasteiger partial charge in [0.2, 0.25) is 0 Å². The summed E-state index contributed by atoms with van der Waals surface area (Å²) in [5.74, 6) is 0. The quantitative estimate of drug-likeness (QED) is 0.825. The second-order valence-corrected chi connectivity index (χ2v) is 4.83. The largest absolute Gasteiger partial charge is 0.307 e. The van der Waals surface area contributed by atoms with Gasteiger partial charge in [0.1, 0.15) is 11.6 Å². The number of hydrogen-bond acceptors (Lipinski definition) is 2. The summed E-state index contributed by atoms with van der Waals surface area (Å²) in [4.78, 5) is 12.3.